The van der Waals surface area contributed by atoms with Gasteiger partial charge >= 0.3 is 6.09 Å². The summed E-state index contributed by atoms with van der Waals surface area (Å²) in [7, 11) is 0. The minimum atomic E-state index is -0.534. The van der Waals surface area contributed by atoms with Crippen LogP contribution in [0.2, 0.25) is 0 Å². The molecule has 4 heteroatoms. The first-order valence-electron chi connectivity index (χ1n) is 7.86. The van der Waals surface area contributed by atoms with E-state index in [0.29, 0.717) is 0 Å². The predicted octanol–water partition coefficient (Wildman–Crippen LogP) is 6.16. The third-order valence-corrected chi connectivity index (χ3v) is 4.44. The second kappa shape index (κ2) is 6.10. The number of halogens is 1. The molecule has 2 aromatic carbocycles. The number of aryl methyl sites for hydroxylation is 1. The first-order chi connectivity index (χ1) is 11.3. The lowest BCUT2D eigenvalue weighted by atomic mass is 10.00. The van der Waals surface area contributed by atoms with Crippen molar-refractivity contribution in [3.8, 4) is 11.1 Å². The Bertz CT molecular complexity index is 919. The van der Waals surface area contributed by atoms with Crippen LogP contribution in [0.1, 0.15) is 26.3 Å². The molecule has 124 valence electrons. The predicted molar refractivity (Wildman–Crippen MR) is 101 cm³/mol. The van der Waals surface area contributed by atoms with E-state index < -0.39 is 5.60 Å². The van der Waals surface area contributed by atoms with Gasteiger partial charge in [-0.3, -0.25) is 4.57 Å². The first kappa shape index (κ1) is 16.8. The molecular formula is C20H20BrNO2. The van der Waals surface area contributed by atoms with E-state index in [-0.39, 0.29) is 6.09 Å². The zero-order valence-corrected chi connectivity index (χ0v) is 15.8. The lowest BCUT2D eigenvalue weighted by molar-refractivity contribution is 0.0544. The van der Waals surface area contributed by atoms with Crippen LogP contribution < -0.4 is 0 Å². The maximum Gasteiger partial charge on any atom is 0.419 e. The van der Waals surface area contributed by atoms with Gasteiger partial charge in [-0.25, -0.2) is 4.79 Å². The standard InChI is InChI=1S/C20H20BrNO2/c1-13-7-5-6-8-15(13)14-9-10-16-17(21)12-22(18(16)11-14)19(23)24-20(2,3)4/h5-12H,1-4H3. The lowest BCUT2D eigenvalue weighted by Gasteiger charge is -2.19. The smallest absolute Gasteiger partial charge is 0.419 e. The molecule has 0 bridgehead atoms. The highest BCUT2D eigenvalue weighted by Gasteiger charge is 2.20. The molecule has 0 aliphatic rings. The van der Waals surface area contributed by atoms with Gasteiger partial charge in [0, 0.05) is 16.1 Å². The van der Waals surface area contributed by atoms with Gasteiger partial charge in [0.2, 0.25) is 0 Å². The van der Waals surface area contributed by atoms with E-state index >= 15 is 0 Å². The zero-order chi connectivity index (χ0) is 17.5. The molecule has 3 aromatic rings. The number of nitrogens with zero attached hydrogens (tertiary/aromatic N) is 1. The van der Waals surface area contributed by atoms with E-state index in [1.165, 1.54) is 5.56 Å². The number of aromatic nitrogens is 1. The molecule has 0 amide bonds. The summed E-state index contributed by atoms with van der Waals surface area (Å²) < 4.78 is 7.95. The molecule has 0 saturated heterocycles. The van der Waals surface area contributed by atoms with Gasteiger partial charge < -0.3 is 4.74 Å². The summed E-state index contributed by atoms with van der Waals surface area (Å²) in [5.41, 5.74) is 3.74. The SMILES string of the molecule is Cc1ccccc1-c1ccc2c(Br)cn(C(=O)OC(C)(C)C)c2c1. The molecule has 0 radical (unpaired) electrons. The third kappa shape index (κ3) is 3.24. The average molecular weight is 386 g/mol. The number of benzene rings is 2. The molecular weight excluding hydrogens is 366 g/mol. The van der Waals surface area contributed by atoms with E-state index in [0.717, 1.165) is 26.5 Å². The van der Waals surface area contributed by atoms with Crippen molar-refractivity contribution in [1.82, 2.24) is 4.57 Å². The minimum Gasteiger partial charge on any atom is -0.443 e. The third-order valence-electron chi connectivity index (χ3n) is 3.80. The molecule has 24 heavy (non-hydrogen) atoms. The van der Waals surface area contributed by atoms with E-state index in [1.54, 1.807) is 10.8 Å². The Morgan fingerprint density at radius 3 is 2.50 bits per heavy atom. The van der Waals surface area contributed by atoms with Crippen molar-refractivity contribution < 1.29 is 9.53 Å². The fraction of sp³-hybridized carbons (Fsp3) is 0.250. The summed E-state index contributed by atoms with van der Waals surface area (Å²) in [6.45, 7) is 7.68. The van der Waals surface area contributed by atoms with Gasteiger partial charge in [0.25, 0.3) is 0 Å². The van der Waals surface area contributed by atoms with Gasteiger partial charge in [-0.15, -0.1) is 0 Å². The van der Waals surface area contributed by atoms with E-state index in [9.17, 15) is 4.79 Å². The summed E-state index contributed by atoms with van der Waals surface area (Å²) in [6.07, 6.45) is 1.39. The maximum atomic E-state index is 12.5. The topological polar surface area (TPSA) is 31.2 Å². The van der Waals surface area contributed by atoms with Crippen LogP contribution >= 0.6 is 15.9 Å². The maximum absolute atomic E-state index is 12.5. The Morgan fingerprint density at radius 1 is 1.12 bits per heavy atom. The second-order valence-electron chi connectivity index (χ2n) is 6.87. The summed E-state index contributed by atoms with van der Waals surface area (Å²) in [6, 6.07) is 14.4. The molecule has 1 aromatic heterocycles. The number of rotatable bonds is 1. The lowest BCUT2D eigenvalue weighted by Crippen LogP contribution is -2.26. The van der Waals surface area contributed by atoms with Crippen LogP contribution in [-0.2, 0) is 4.74 Å². The quantitative estimate of drug-likeness (QED) is 0.501. The number of ether oxygens (including phenoxy) is 1. The van der Waals surface area contributed by atoms with Crippen molar-refractivity contribution in [3.63, 3.8) is 0 Å². The van der Waals surface area contributed by atoms with Crippen molar-refractivity contribution in [1.29, 1.82) is 0 Å². The number of hydrogen-bond acceptors (Lipinski definition) is 2. The van der Waals surface area contributed by atoms with Crippen LogP contribution in [0, 0.1) is 6.92 Å². The van der Waals surface area contributed by atoms with E-state index in [1.807, 2.05) is 45.0 Å². The molecule has 0 saturated carbocycles. The summed E-state index contributed by atoms with van der Waals surface area (Å²) >= 11 is 3.53. The van der Waals surface area contributed by atoms with Crippen molar-refractivity contribution in [3.05, 3.63) is 58.7 Å². The molecule has 0 spiro atoms. The van der Waals surface area contributed by atoms with Gasteiger partial charge in [-0.2, -0.15) is 0 Å². The molecule has 3 rings (SSSR count). The Hall–Kier alpha value is -2.07. The van der Waals surface area contributed by atoms with E-state index in [2.05, 4.69) is 41.1 Å². The Kier molecular flexibility index (Phi) is 4.26. The monoisotopic (exact) mass is 385 g/mol. The molecule has 0 unspecified atom stereocenters. The molecule has 0 aliphatic carbocycles. The summed E-state index contributed by atoms with van der Waals surface area (Å²) in [5.74, 6) is 0. The molecule has 1 heterocycles. The highest BCUT2D eigenvalue weighted by molar-refractivity contribution is 9.10. The van der Waals surface area contributed by atoms with Gasteiger partial charge in [0.15, 0.2) is 0 Å². The van der Waals surface area contributed by atoms with Crippen LogP contribution in [0.3, 0.4) is 0 Å². The average Bonchev–Trinajstić information content (AvgIpc) is 2.83. The fourth-order valence-electron chi connectivity index (χ4n) is 2.71. The van der Waals surface area contributed by atoms with Crippen molar-refractivity contribution in [2.45, 2.75) is 33.3 Å². The van der Waals surface area contributed by atoms with Crippen molar-refractivity contribution in [2.75, 3.05) is 0 Å². The molecule has 0 N–H and O–H groups in total. The van der Waals surface area contributed by atoms with Gasteiger partial charge in [0.1, 0.15) is 5.60 Å². The molecule has 0 fully saturated rings. The highest BCUT2D eigenvalue weighted by atomic mass is 79.9. The van der Waals surface area contributed by atoms with Crippen LogP contribution in [-0.4, -0.2) is 16.3 Å². The zero-order valence-electron chi connectivity index (χ0n) is 14.3. The fourth-order valence-corrected chi connectivity index (χ4v) is 3.25. The molecule has 3 nitrogen and oxygen atoms in total. The van der Waals surface area contributed by atoms with Crippen molar-refractivity contribution >= 4 is 32.9 Å². The van der Waals surface area contributed by atoms with Gasteiger partial charge in [0.05, 0.1) is 5.52 Å². The molecule has 0 atom stereocenters. The van der Waals surface area contributed by atoms with Gasteiger partial charge in [-0.05, 0) is 66.4 Å². The van der Waals surface area contributed by atoms with Crippen LogP contribution in [0.4, 0.5) is 4.79 Å². The largest absolute Gasteiger partial charge is 0.443 e. The van der Waals surface area contributed by atoms with Crippen LogP contribution in [0.25, 0.3) is 22.0 Å². The Labute approximate surface area is 150 Å². The van der Waals surface area contributed by atoms with Crippen LogP contribution in [0.15, 0.2) is 53.1 Å². The van der Waals surface area contributed by atoms with Gasteiger partial charge in [-0.1, -0.05) is 36.4 Å². The second-order valence-corrected chi connectivity index (χ2v) is 7.73. The van der Waals surface area contributed by atoms with Crippen molar-refractivity contribution in [2.24, 2.45) is 0 Å². The number of carbonyl (C=O) groups is 1. The number of fused-ring (bicyclic) bond motifs is 1. The normalized spacial score (nSPS) is 11.7. The minimum absolute atomic E-state index is 0.375. The summed E-state index contributed by atoms with van der Waals surface area (Å²) in [5, 5.41) is 0.984. The Balaban J connectivity index is 2.14. The highest BCUT2D eigenvalue weighted by Crippen LogP contribution is 2.32. The first-order valence-corrected chi connectivity index (χ1v) is 8.65. The number of carbonyl (C=O) groups excluding carboxylic acids is 1. The van der Waals surface area contributed by atoms with Crippen LogP contribution in [0.5, 0.6) is 0 Å². The molecule has 0 aliphatic heterocycles. The van der Waals surface area contributed by atoms with E-state index in [4.69, 9.17) is 4.74 Å². The number of hydrogen-bond donors (Lipinski definition) is 0. The summed E-state index contributed by atoms with van der Waals surface area (Å²) in [4.78, 5) is 12.5. The Morgan fingerprint density at radius 2 is 1.83 bits per heavy atom.